The molecule has 4 heteroatoms. The van der Waals surface area contributed by atoms with E-state index in [0.29, 0.717) is 0 Å². The quantitative estimate of drug-likeness (QED) is 0.609. The maximum Gasteiger partial charge on any atom is 0.325 e. The minimum atomic E-state index is -0.547. The normalized spacial score (nSPS) is 14.6. The zero-order valence-corrected chi connectivity index (χ0v) is 12.7. The van der Waals surface area contributed by atoms with E-state index in [2.05, 4.69) is 24.1 Å². The van der Waals surface area contributed by atoms with Gasteiger partial charge in [-0.25, -0.2) is 0 Å². The Morgan fingerprint density at radius 3 is 2.39 bits per heavy atom. The molecule has 1 atom stereocenters. The van der Waals surface area contributed by atoms with E-state index in [-0.39, 0.29) is 5.97 Å². The number of hydrogen-bond donors (Lipinski definition) is 1. The molecule has 0 amide bonds. The highest BCUT2D eigenvalue weighted by Gasteiger charge is 2.32. The third-order valence-electron chi connectivity index (χ3n) is 3.34. The lowest BCUT2D eigenvalue weighted by Crippen LogP contribution is -2.50. The first-order valence-electron chi connectivity index (χ1n) is 7.09. The van der Waals surface area contributed by atoms with Gasteiger partial charge >= 0.3 is 5.97 Å². The average Bonchev–Trinajstić information content (AvgIpc) is 2.37. The molecule has 0 spiro atoms. The number of methoxy groups -OCH3 is 1. The fraction of sp³-hybridized carbons (Fsp3) is 0.929. The van der Waals surface area contributed by atoms with Crippen molar-refractivity contribution in [3.05, 3.63) is 0 Å². The van der Waals surface area contributed by atoms with Crippen LogP contribution in [0, 0.1) is 0 Å². The van der Waals surface area contributed by atoms with E-state index in [4.69, 9.17) is 4.74 Å². The number of nitrogens with zero attached hydrogens (tertiary/aromatic N) is 1. The van der Waals surface area contributed by atoms with Crippen LogP contribution < -0.4 is 5.32 Å². The van der Waals surface area contributed by atoms with Crippen molar-refractivity contribution in [2.24, 2.45) is 0 Å². The molecule has 1 unspecified atom stereocenters. The monoisotopic (exact) mass is 258 g/mol. The topological polar surface area (TPSA) is 41.6 Å². The average molecular weight is 258 g/mol. The van der Waals surface area contributed by atoms with Crippen molar-refractivity contribution >= 4 is 5.97 Å². The van der Waals surface area contributed by atoms with Crippen LogP contribution in [0.15, 0.2) is 0 Å². The van der Waals surface area contributed by atoms with E-state index in [1.165, 1.54) is 13.5 Å². The smallest absolute Gasteiger partial charge is 0.325 e. The summed E-state index contributed by atoms with van der Waals surface area (Å²) in [6, 6.07) is 0. The Morgan fingerprint density at radius 2 is 1.94 bits per heavy atom. The third kappa shape index (κ3) is 5.83. The van der Waals surface area contributed by atoms with Gasteiger partial charge in [-0.05, 0) is 52.4 Å². The van der Waals surface area contributed by atoms with Crippen LogP contribution >= 0.6 is 0 Å². The maximum atomic E-state index is 11.8. The lowest BCUT2D eigenvalue weighted by molar-refractivity contribution is -0.148. The Hall–Kier alpha value is -0.610. The van der Waals surface area contributed by atoms with Crippen molar-refractivity contribution in [3.63, 3.8) is 0 Å². The summed E-state index contributed by atoms with van der Waals surface area (Å²) >= 11 is 0. The van der Waals surface area contributed by atoms with Gasteiger partial charge in [-0.3, -0.25) is 4.79 Å². The van der Waals surface area contributed by atoms with E-state index in [1.54, 1.807) is 0 Å². The maximum absolute atomic E-state index is 11.8. The first-order chi connectivity index (χ1) is 8.53. The van der Waals surface area contributed by atoms with Gasteiger partial charge in [-0.15, -0.1) is 0 Å². The Labute approximate surface area is 112 Å². The van der Waals surface area contributed by atoms with Crippen molar-refractivity contribution in [2.75, 3.05) is 33.3 Å². The molecular formula is C14H30N2O2. The molecule has 0 rings (SSSR count). The third-order valence-corrected chi connectivity index (χ3v) is 3.34. The molecule has 0 aliphatic heterocycles. The van der Waals surface area contributed by atoms with Gasteiger partial charge in [-0.1, -0.05) is 20.8 Å². The van der Waals surface area contributed by atoms with Crippen molar-refractivity contribution in [3.8, 4) is 0 Å². The molecule has 1 N–H and O–H groups in total. The van der Waals surface area contributed by atoms with Crippen LogP contribution in [0.25, 0.3) is 0 Å². The molecule has 18 heavy (non-hydrogen) atoms. The van der Waals surface area contributed by atoms with E-state index >= 15 is 0 Å². The Balaban J connectivity index is 4.22. The number of rotatable bonds is 10. The number of ether oxygens (including phenoxy) is 1. The fourth-order valence-corrected chi connectivity index (χ4v) is 2.28. The molecule has 0 bridgehead atoms. The number of carbonyl (C=O) groups is 1. The van der Waals surface area contributed by atoms with Gasteiger partial charge in [0.05, 0.1) is 7.11 Å². The molecule has 0 saturated carbocycles. The zero-order valence-electron chi connectivity index (χ0n) is 12.7. The van der Waals surface area contributed by atoms with E-state index in [9.17, 15) is 4.79 Å². The number of likely N-dealkylation sites (N-methyl/N-ethyl adjacent to an activating group) is 1. The summed E-state index contributed by atoms with van der Waals surface area (Å²) in [6.07, 6.45) is 3.00. The van der Waals surface area contributed by atoms with E-state index < -0.39 is 5.54 Å². The highest BCUT2D eigenvalue weighted by Crippen LogP contribution is 2.15. The van der Waals surface area contributed by atoms with E-state index in [1.807, 2.05) is 13.8 Å². The minimum absolute atomic E-state index is 0.164. The van der Waals surface area contributed by atoms with Crippen LogP contribution in [0.5, 0.6) is 0 Å². The zero-order chi connectivity index (χ0) is 14.0. The number of nitrogens with one attached hydrogen (secondary N) is 1. The van der Waals surface area contributed by atoms with Gasteiger partial charge in [0, 0.05) is 0 Å². The predicted octanol–water partition coefficient (Wildman–Crippen LogP) is 2.04. The number of hydrogen-bond acceptors (Lipinski definition) is 4. The lowest BCUT2D eigenvalue weighted by atomic mass is 9.95. The van der Waals surface area contributed by atoms with Gasteiger partial charge in [0.25, 0.3) is 0 Å². The molecule has 0 fully saturated rings. The van der Waals surface area contributed by atoms with Gasteiger partial charge in [0.15, 0.2) is 0 Å². The molecule has 0 aromatic rings. The fourth-order valence-electron chi connectivity index (χ4n) is 2.28. The standard InChI is InChI=1S/C14H30N2O2/c1-6-11-16(8-3)12-9-10-14(4,15-7-2)13(17)18-5/h15H,6-12H2,1-5H3. The van der Waals surface area contributed by atoms with Gasteiger partial charge in [-0.2, -0.15) is 0 Å². The first-order valence-corrected chi connectivity index (χ1v) is 7.09. The summed E-state index contributed by atoms with van der Waals surface area (Å²) in [5.74, 6) is -0.164. The lowest BCUT2D eigenvalue weighted by Gasteiger charge is -2.29. The number of carbonyl (C=O) groups excluding carboxylic acids is 1. The molecule has 108 valence electrons. The second-order valence-corrected chi connectivity index (χ2v) is 4.89. The molecule has 4 nitrogen and oxygen atoms in total. The van der Waals surface area contributed by atoms with Gasteiger partial charge in [0.1, 0.15) is 5.54 Å². The molecule has 0 aromatic heterocycles. The van der Waals surface area contributed by atoms with Crippen LogP contribution in [0.1, 0.15) is 47.0 Å². The molecule has 0 aliphatic rings. The van der Waals surface area contributed by atoms with Crippen LogP contribution in [-0.4, -0.2) is 49.7 Å². The Kier molecular flexibility index (Phi) is 9.02. The molecule has 0 aromatic carbocycles. The van der Waals surface area contributed by atoms with Crippen LogP contribution in [0.3, 0.4) is 0 Å². The summed E-state index contributed by atoms with van der Waals surface area (Å²) in [6.45, 7) is 12.3. The summed E-state index contributed by atoms with van der Waals surface area (Å²) in [5, 5.41) is 3.24. The summed E-state index contributed by atoms with van der Waals surface area (Å²) in [4.78, 5) is 14.2. The predicted molar refractivity (Wildman–Crippen MR) is 75.7 cm³/mol. The largest absolute Gasteiger partial charge is 0.468 e. The van der Waals surface area contributed by atoms with Gasteiger partial charge in [0.2, 0.25) is 0 Å². The summed E-state index contributed by atoms with van der Waals surface area (Å²) in [5.41, 5.74) is -0.547. The molecule has 0 aliphatic carbocycles. The molecule has 0 heterocycles. The second-order valence-electron chi connectivity index (χ2n) is 4.89. The van der Waals surface area contributed by atoms with Crippen LogP contribution in [0.2, 0.25) is 0 Å². The van der Waals surface area contributed by atoms with Crippen molar-refractivity contribution in [2.45, 2.75) is 52.5 Å². The second kappa shape index (κ2) is 9.34. The first kappa shape index (κ1) is 17.4. The summed E-state index contributed by atoms with van der Waals surface area (Å²) in [7, 11) is 1.45. The van der Waals surface area contributed by atoms with Gasteiger partial charge < -0.3 is 15.0 Å². The SMILES string of the molecule is CCCN(CC)CCCC(C)(NCC)C(=O)OC. The van der Waals surface area contributed by atoms with Crippen molar-refractivity contribution < 1.29 is 9.53 Å². The van der Waals surface area contributed by atoms with E-state index in [0.717, 1.165) is 39.0 Å². The van der Waals surface area contributed by atoms with Crippen molar-refractivity contribution in [1.82, 2.24) is 10.2 Å². The summed E-state index contributed by atoms with van der Waals surface area (Å²) < 4.78 is 4.88. The molecular weight excluding hydrogens is 228 g/mol. The Morgan fingerprint density at radius 1 is 1.28 bits per heavy atom. The highest BCUT2D eigenvalue weighted by molar-refractivity contribution is 5.80. The van der Waals surface area contributed by atoms with Crippen molar-refractivity contribution in [1.29, 1.82) is 0 Å². The Bertz CT molecular complexity index is 234. The minimum Gasteiger partial charge on any atom is -0.468 e. The van der Waals surface area contributed by atoms with Crippen LogP contribution in [0.4, 0.5) is 0 Å². The molecule has 0 radical (unpaired) electrons. The highest BCUT2D eigenvalue weighted by atomic mass is 16.5. The number of esters is 1. The van der Waals surface area contributed by atoms with Crippen LogP contribution in [-0.2, 0) is 9.53 Å². The molecule has 0 saturated heterocycles.